The first kappa shape index (κ1) is 37.0. The minimum atomic E-state index is -4.58. The molecule has 0 radical (unpaired) electrons. The van der Waals surface area contributed by atoms with E-state index in [4.69, 9.17) is 5.11 Å². The molecular formula is C34H41F3N4O6S. The highest BCUT2D eigenvalue weighted by atomic mass is 32.2. The molecule has 1 unspecified atom stereocenters. The second-order valence-corrected chi connectivity index (χ2v) is 13.4. The van der Waals surface area contributed by atoms with Gasteiger partial charge in [-0.2, -0.15) is 21.6 Å². The van der Waals surface area contributed by atoms with Gasteiger partial charge in [-0.3, -0.25) is 9.59 Å². The van der Waals surface area contributed by atoms with E-state index >= 15 is 0 Å². The van der Waals surface area contributed by atoms with Gasteiger partial charge in [0.05, 0.1) is 35.7 Å². The lowest BCUT2D eigenvalue weighted by Crippen LogP contribution is -2.51. The van der Waals surface area contributed by atoms with Gasteiger partial charge in [0, 0.05) is 24.2 Å². The molecule has 2 aromatic carbocycles. The van der Waals surface area contributed by atoms with Gasteiger partial charge in [-0.1, -0.05) is 43.3 Å². The van der Waals surface area contributed by atoms with Crippen molar-refractivity contribution in [1.82, 2.24) is 16.0 Å². The maximum Gasteiger partial charge on any atom is 0.416 e. The Labute approximate surface area is 279 Å². The number of likely N-dealkylation sites (N-methyl/N-ethyl adjacent to an activating group) is 1. The van der Waals surface area contributed by atoms with E-state index < -0.39 is 64.2 Å². The van der Waals surface area contributed by atoms with Crippen LogP contribution in [0.5, 0.6) is 0 Å². The fourth-order valence-corrected chi connectivity index (χ4v) is 6.42. The number of hydrogen-bond acceptors (Lipinski definition) is 8. The number of allylic oxidation sites excluding steroid dienone is 2. The molecule has 2 amide bonds. The first-order chi connectivity index (χ1) is 22.6. The molecule has 2 aliphatic rings. The number of rotatable bonds is 12. The molecule has 48 heavy (non-hydrogen) atoms. The molecule has 5 N–H and O–H groups in total. The van der Waals surface area contributed by atoms with Gasteiger partial charge in [-0.15, -0.1) is 0 Å². The molecule has 0 fully saturated rings. The molecule has 0 bridgehead atoms. The average Bonchev–Trinajstić information content (AvgIpc) is 3.15. The molecule has 0 saturated carbocycles. The van der Waals surface area contributed by atoms with Gasteiger partial charge >= 0.3 is 6.18 Å². The first-order valence-electron chi connectivity index (χ1n) is 15.7. The largest absolute Gasteiger partial charge is 0.416 e. The number of carbonyl (C=O) groups excluding carboxylic acids is 2. The molecule has 260 valence electrons. The van der Waals surface area contributed by atoms with Crippen LogP contribution in [0.4, 0.5) is 18.9 Å². The molecule has 1 aliphatic carbocycles. The number of carbonyl (C=O) groups is 2. The normalized spacial score (nSPS) is 19.0. The Morgan fingerprint density at radius 3 is 2.46 bits per heavy atom. The molecule has 1 heterocycles. The zero-order valence-corrected chi connectivity index (χ0v) is 27.8. The Morgan fingerprint density at radius 1 is 1.12 bits per heavy atom. The van der Waals surface area contributed by atoms with Gasteiger partial charge in [0.15, 0.2) is 0 Å². The van der Waals surface area contributed by atoms with Crippen molar-refractivity contribution in [3.63, 3.8) is 0 Å². The number of aryl methyl sites for hydroxylation is 1. The summed E-state index contributed by atoms with van der Waals surface area (Å²) in [4.78, 5) is 28.7. The standard InChI is InChI=1S/C34H41F3N4O6S/c1-4-38-31-26(6-5-7-29(31)48(46)47)22-10-8-21(9-11-22)19-41-28-15-13-24(34(35,36)37)16-23(28)12-14-27(32(41)45)40-30(44)17-33(2,3)39-18-25(43)20-42/h5-11,13,15-16,25,27,31,38-39,42-43H,4,12,14,17-20H2,1-3H3,(H,40,44)/t25-,27+,31?/m0/s1. The fourth-order valence-electron chi connectivity index (χ4n) is 5.83. The van der Waals surface area contributed by atoms with Crippen LogP contribution in [0.1, 0.15) is 55.9 Å². The van der Waals surface area contributed by atoms with E-state index in [1.54, 1.807) is 44.2 Å². The molecule has 0 spiro atoms. The second-order valence-electron chi connectivity index (χ2n) is 12.5. The van der Waals surface area contributed by atoms with Crippen molar-refractivity contribution in [3.8, 4) is 0 Å². The summed E-state index contributed by atoms with van der Waals surface area (Å²) in [6, 6.07) is 8.85. The van der Waals surface area contributed by atoms with Crippen LogP contribution in [0.25, 0.3) is 5.57 Å². The Balaban J connectivity index is 1.60. The second kappa shape index (κ2) is 15.6. The number of nitrogens with zero attached hydrogens (tertiary/aromatic N) is 1. The van der Waals surface area contributed by atoms with Gasteiger partial charge in [0.2, 0.25) is 22.1 Å². The van der Waals surface area contributed by atoms with Gasteiger partial charge in [-0.05, 0) is 79.8 Å². The third kappa shape index (κ3) is 9.20. The molecule has 0 aromatic heterocycles. The number of alkyl halides is 3. The Kier molecular flexibility index (Phi) is 12.0. The number of nitrogens with one attached hydrogen (secondary N) is 3. The number of halogens is 3. The quantitative estimate of drug-likeness (QED) is 0.214. The van der Waals surface area contributed by atoms with Crippen LogP contribution >= 0.6 is 0 Å². The van der Waals surface area contributed by atoms with Crippen LogP contribution in [0.15, 0.2) is 60.7 Å². The van der Waals surface area contributed by atoms with Crippen LogP contribution in [0.2, 0.25) is 0 Å². The topological polar surface area (TPSA) is 148 Å². The Bertz CT molecular complexity index is 1700. The van der Waals surface area contributed by atoms with E-state index in [0.29, 0.717) is 23.4 Å². The summed E-state index contributed by atoms with van der Waals surface area (Å²) < 4.78 is 64.6. The SMILES string of the molecule is CCNC1C(c2ccc(CN3C(=O)[C@H](NC(=O)CC(C)(C)NC[C@H](O)CO)CCc4cc(C(F)(F)F)ccc43)cc2)=CC=CC1=S(=O)=O. The highest BCUT2D eigenvalue weighted by Gasteiger charge is 2.36. The van der Waals surface area contributed by atoms with Crippen molar-refractivity contribution in [2.75, 3.05) is 24.6 Å². The van der Waals surface area contributed by atoms with Crippen molar-refractivity contribution in [2.45, 2.75) is 76.5 Å². The van der Waals surface area contributed by atoms with Crippen molar-refractivity contribution in [1.29, 1.82) is 0 Å². The van der Waals surface area contributed by atoms with E-state index in [-0.39, 0.29) is 37.2 Å². The number of aliphatic hydroxyl groups excluding tert-OH is 2. The van der Waals surface area contributed by atoms with Crippen LogP contribution in [0, 0.1) is 0 Å². The predicted molar refractivity (Wildman–Crippen MR) is 178 cm³/mol. The molecule has 10 nitrogen and oxygen atoms in total. The predicted octanol–water partition coefficient (Wildman–Crippen LogP) is 2.76. The number of hydrogen-bond donors (Lipinski definition) is 5. The number of benzene rings is 2. The van der Waals surface area contributed by atoms with E-state index in [2.05, 4.69) is 16.0 Å². The molecule has 0 saturated heterocycles. The lowest BCUT2D eigenvalue weighted by molar-refractivity contribution is -0.137. The maximum atomic E-state index is 14.0. The minimum absolute atomic E-state index is 0.00743. The number of fused-ring (bicyclic) bond motifs is 1. The lowest BCUT2D eigenvalue weighted by Gasteiger charge is -2.29. The van der Waals surface area contributed by atoms with Crippen LogP contribution < -0.4 is 20.9 Å². The molecule has 4 rings (SSSR count). The van der Waals surface area contributed by atoms with Crippen LogP contribution in [-0.2, 0) is 39.0 Å². The Hall–Kier alpha value is -3.82. The van der Waals surface area contributed by atoms with Crippen molar-refractivity contribution in [3.05, 3.63) is 82.9 Å². The third-order valence-electron chi connectivity index (χ3n) is 8.29. The number of anilines is 1. The van der Waals surface area contributed by atoms with Gasteiger partial charge in [0.25, 0.3) is 0 Å². The molecular weight excluding hydrogens is 649 g/mol. The minimum Gasteiger partial charge on any atom is -0.394 e. The number of aliphatic hydroxyl groups is 2. The molecule has 14 heteroatoms. The van der Waals surface area contributed by atoms with Crippen molar-refractivity contribution < 1.29 is 41.4 Å². The highest BCUT2D eigenvalue weighted by molar-refractivity contribution is 7.73. The van der Waals surface area contributed by atoms with Crippen molar-refractivity contribution in [2.24, 2.45) is 0 Å². The maximum absolute atomic E-state index is 14.0. The van der Waals surface area contributed by atoms with Gasteiger partial charge in [0.1, 0.15) is 6.04 Å². The number of amides is 2. The summed E-state index contributed by atoms with van der Waals surface area (Å²) in [6.45, 7) is 5.47. The first-order valence-corrected chi connectivity index (χ1v) is 16.7. The molecule has 3 atom stereocenters. The van der Waals surface area contributed by atoms with E-state index in [9.17, 15) is 36.3 Å². The molecule has 1 aliphatic heterocycles. The fraction of sp³-hybridized carbons (Fsp3) is 0.441. The highest BCUT2D eigenvalue weighted by Crippen LogP contribution is 2.36. The monoisotopic (exact) mass is 690 g/mol. The van der Waals surface area contributed by atoms with E-state index in [0.717, 1.165) is 23.3 Å². The summed E-state index contributed by atoms with van der Waals surface area (Å²) in [5.41, 5.74) is 1.18. The summed E-state index contributed by atoms with van der Waals surface area (Å²) in [5, 5.41) is 27.7. The van der Waals surface area contributed by atoms with Gasteiger partial charge < -0.3 is 31.1 Å². The molecule has 2 aromatic rings. The smallest absolute Gasteiger partial charge is 0.394 e. The summed E-state index contributed by atoms with van der Waals surface area (Å²) in [7, 11) is -2.43. The van der Waals surface area contributed by atoms with Crippen LogP contribution in [0.3, 0.4) is 0 Å². The van der Waals surface area contributed by atoms with E-state index in [1.165, 1.54) is 17.0 Å². The number of β-amino-alcohol motifs (C(OH)–C–C–N with tert-alkyl or cyclic N) is 1. The third-order valence-corrected chi connectivity index (χ3v) is 9.05. The summed E-state index contributed by atoms with van der Waals surface area (Å²) >= 11 is 0. The summed E-state index contributed by atoms with van der Waals surface area (Å²) in [5.74, 6) is -0.937. The van der Waals surface area contributed by atoms with Crippen molar-refractivity contribution >= 4 is 38.2 Å². The average molecular weight is 691 g/mol. The van der Waals surface area contributed by atoms with Gasteiger partial charge in [-0.25, -0.2) is 0 Å². The Morgan fingerprint density at radius 2 is 1.83 bits per heavy atom. The zero-order valence-electron chi connectivity index (χ0n) is 27.0. The lowest BCUT2D eigenvalue weighted by atomic mass is 9.91. The van der Waals surface area contributed by atoms with Crippen LogP contribution in [-0.4, -0.2) is 78.7 Å². The zero-order chi connectivity index (χ0) is 35.2. The van der Waals surface area contributed by atoms with E-state index in [1.807, 2.05) is 13.0 Å². The summed E-state index contributed by atoms with van der Waals surface area (Å²) in [6.07, 6.45) is -0.441.